The smallest absolute Gasteiger partial charge is 0.256 e. The molecule has 0 saturated heterocycles. The Bertz CT molecular complexity index is 1180. The third-order valence-corrected chi connectivity index (χ3v) is 4.68. The van der Waals surface area contributed by atoms with Crippen molar-refractivity contribution in [3.05, 3.63) is 95.4 Å². The number of rotatable bonds is 4. The molecule has 4 rings (SSSR count). The Kier molecular flexibility index (Phi) is 4.96. The summed E-state index contributed by atoms with van der Waals surface area (Å²) in [6, 6.07) is 19.0. The molecule has 1 aromatic heterocycles. The van der Waals surface area contributed by atoms with E-state index in [1.165, 1.54) is 12.1 Å². The monoisotopic (exact) mass is 386 g/mol. The normalized spacial score (nSPS) is 10.7. The van der Waals surface area contributed by atoms with Gasteiger partial charge in [-0.3, -0.25) is 4.79 Å². The van der Waals surface area contributed by atoms with Crippen LogP contribution < -0.4 is 5.32 Å². The average Bonchev–Trinajstić information content (AvgIpc) is 3.21. The third kappa shape index (κ3) is 3.94. The van der Waals surface area contributed by atoms with E-state index in [1.807, 2.05) is 38.1 Å². The lowest BCUT2D eigenvalue weighted by atomic mass is 10.1. The van der Waals surface area contributed by atoms with Crippen molar-refractivity contribution >= 4 is 11.6 Å². The SMILES string of the molecule is Cc1ccc(C)c(NC(=O)c2ccccc2-c2ncc(-c3ccc(F)cc3)o2)c1. The molecule has 1 heterocycles. The molecule has 144 valence electrons. The van der Waals surface area contributed by atoms with Crippen LogP contribution in [0.3, 0.4) is 0 Å². The van der Waals surface area contributed by atoms with Crippen molar-refractivity contribution in [1.82, 2.24) is 4.98 Å². The van der Waals surface area contributed by atoms with E-state index in [9.17, 15) is 9.18 Å². The number of aryl methyl sites for hydroxylation is 2. The highest BCUT2D eigenvalue weighted by atomic mass is 19.1. The molecule has 1 amide bonds. The molecule has 0 unspecified atom stereocenters. The summed E-state index contributed by atoms with van der Waals surface area (Å²) in [5.74, 6) is 0.276. The zero-order valence-corrected chi connectivity index (χ0v) is 16.1. The van der Waals surface area contributed by atoms with E-state index in [-0.39, 0.29) is 11.7 Å². The zero-order valence-electron chi connectivity index (χ0n) is 16.1. The van der Waals surface area contributed by atoms with Gasteiger partial charge in [-0.15, -0.1) is 0 Å². The number of nitrogens with zero attached hydrogens (tertiary/aromatic N) is 1. The van der Waals surface area contributed by atoms with Crippen LogP contribution in [0.15, 0.2) is 77.3 Å². The Hall–Kier alpha value is -3.73. The lowest BCUT2D eigenvalue weighted by molar-refractivity contribution is 0.102. The van der Waals surface area contributed by atoms with Gasteiger partial charge in [0, 0.05) is 16.8 Å². The molecule has 4 nitrogen and oxygen atoms in total. The van der Waals surface area contributed by atoms with E-state index in [1.54, 1.807) is 36.5 Å². The second kappa shape index (κ2) is 7.72. The Balaban J connectivity index is 1.66. The number of anilines is 1. The fourth-order valence-corrected chi connectivity index (χ4v) is 3.07. The van der Waals surface area contributed by atoms with Gasteiger partial charge in [-0.1, -0.05) is 24.3 Å². The van der Waals surface area contributed by atoms with Gasteiger partial charge in [0.1, 0.15) is 5.82 Å². The molecule has 0 atom stereocenters. The van der Waals surface area contributed by atoms with Crippen molar-refractivity contribution in [2.24, 2.45) is 0 Å². The number of nitrogens with one attached hydrogen (secondary N) is 1. The molecule has 0 radical (unpaired) electrons. The minimum Gasteiger partial charge on any atom is -0.436 e. The van der Waals surface area contributed by atoms with Crippen LogP contribution in [0.25, 0.3) is 22.8 Å². The van der Waals surface area contributed by atoms with Crippen LogP contribution in [0.4, 0.5) is 10.1 Å². The van der Waals surface area contributed by atoms with E-state index < -0.39 is 0 Å². The van der Waals surface area contributed by atoms with Gasteiger partial charge >= 0.3 is 0 Å². The minimum absolute atomic E-state index is 0.240. The summed E-state index contributed by atoms with van der Waals surface area (Å²) in [6.45, 7) is 3.93. The highest BCUT2D eigenvalue weighted by molar-refractivity contribution is 6.08. The summed E-state index contributed by atoms with van der Waals surface area (Å²) in [6.07, 6.45) is 1.57. The van der Waals surface area contributed by atoms with Crippen LogP contribution in [-0.2, 0) is 0 Å². The minimum atomic E-state index is -0.318. The fourth-order valence-electron chi connectivity index (χ4n) is 3.07. The Morgan fingerprint density at radius 3 is 2.55 bits per heavy atom. The van der Waals surface area contributed by atoms with Crippen molar-refractivity contribution in [2.45, 2.75) is 13.8 Å². The maximum atomic E-state index is 13.2. The van der Waals surface area contributed by atoms with Crippen LogP contribution in [0.2, 0.25) is 0 Å². The van der Waals surface area contributed by atoms with E-state index >= 15 is 0 Å². The molecule has 0 aliphatic carbocycles. The third-order valence-electron chi connectivity index (χ3n) is 4.68. The number of hydrogen-bond donors (Lipinski definition) is 1. The molecule has 1 N–H and O–H groups in total. The molecule has 0 bridgehead atoms. The number of halogens is 1. The van der Waals surface area contributed by atoms with Gasteiger partial charge in [-0.2, -0.15) is 0 Å². The average molecular weight is 386 g/mol. The number of benzene rings is 3. The van der Waals surface area contributed by atoms with Crippen LogP contribution in [0.5, 0.6) is 0 Å². The number of amides is 1. The molecule has 0 spiro atoms. The molecular weight excluding hydrogens is 367 g/mol. The molecular formula is C24H19FN2O2. The van der Waals surface area contributed by atoms with Gasteiger partial charge < -0.3 is 9.73 Å². The first kappa shape index (κ1) is 18.6. The number of carbonyl (C=O) groups excluding carboxylic acids is 1. The quantitative estimate of drug-likeness (QED) is 0.467. The van der Waals surface area contributed by atoms with Crippen LogP contribution in [0.1, 0.15) is 21.5 Å². The van der Waals surface area contributed by atoms with Gasteiger partial charge in [-0.05, 0) is 67.4 Å². The van der Waals surface area contributed by atoms with Crippen molar-refractivity contribution in [3.63, 3.8) is 0 Å². The van der Waals surface area contributed by atoms with Crippen LogP contribution in [0, 0.1) is 19.7 Å². The highest BCUT2D eigenvalue weighted by Gasteiger charge is 2.17. The summed E-state index contributed by atoms with van der Waals surface area (Å²) < 4.78 is 19.0. The molecule has 3 aromatic carbocycles. The predicted molar refractivity (Wildman–Crippen MR) is 111 cm³/mol. The largest absolute Gasteiger partial charge is 0.436 e. The molecule has 0 saturated carbocycles. The summed E-state index contributed by atoms with van der Waals surface area (Å²) in [4.78, 5) is 17.3. The Morgan fingerprint density at radius 1 is 1.00 bits per heavy atom. The maximum absolute atomic E-state index is 13.2. The Morgan fingerprint density at radius 2 is 1.76 bits per heavy atom. The van der Waals surface area contributed by atoms with Crippen molar-refractivity contribution < 1.29 is 13.6 Å². The lowest BCUT2D eigenvalue weighted by Gasteiger charge is -2.11. The number of carbonyl (C=O) groups is 1. The number of hydrogen-bond acceptors (Lipinski definition) is 3. The van der Waals surface area contributed by atoms with Crippen molar-refractivity contribution in [1.29, 1.82) is 0 Å². The second-order valence-corrected chi connectivity index (χ2v) is 6.85. The first-order chi connectivity index (χ1) is 14.0. The summed E-state index contributed by atoms with van der Waals surface area (Å²) in [5.41, 5.74) is 4.57. The van der Waals surface area contributed by atoms with Crippen LogP contribution in [-0.4, -0.2) is 10.9 Å². The standard InChI is InChI=1S/C24H19FN2O2/c1-15-7-8-16(2)21(13-15)27-23(28)19-5-3-4-6-20(19)24-26-14-22(29-24)17-9-11-18(25)12-10-17/h3-14H,1-2H3,(H,27,28). The molecule has 0 fully saturated rings. The first-order valence-corrected chi connectivity index (χ1v) is 9.21. The summed E-state index contributed by atoms with van der Waals surface area (Å²) in [7, 11) is 0. The second-order valence-electron chi connectivity index (χ2n) is 6.85. The van der Waals surface area contributed by atoms with Crippen molar-refractivity contribution in [2.75, 3.05) is 5.32 Å². The predicted octanol–water partition coefficient (Wildman–Crippen LogP) is 6.02. The van der Waals surface area contributed by atoms with E-state index in [0.29, 0.717) is 28.3 Å². The van der Waals surface area contributed by atoms with Gasteiger partial charge in [-0.25, -0.2) is 9.37 Å². The number of aromatic nitrogens is 1. The molecule has 5 heteroatoms. The maximum Gasteiger partial charge on any atom is 0.256 e. The fraction of sp³-hybridized carbons (Fsp3) is 0.0833. The number of oxazole rings is 1. The highest BCUT2D eigenvalue weighted by Crippen LogP contribution is 2.29. The molecule has 29 heavy (non-hydrogen) atoms. The summed E-state index contributed by atoms with van der Waals surface area (Å²) in [5, 5.41) is 2.97. The zero-order chi connectivity index (χ0) is 20.4. The summed E-state index contributed by atoms with van der Waals surface area (Å²) >= 11 is 0. The van der Waals surface area contributed by atoms with Crippen LogP contribution >= 0.6 is 0 Å². The van der Waals surface area contributed by atoms with E-state index in [4.69, 9.17) is 4.42 Å². The topological polar surface area (TPSA) is 55.1 Å². The van der Waals surface area contributed by atoms with Crippen molar-refractivity contribution in [3.8, 4) is 22.8 Å². The van der Waals surface area contributed by atoms with Gasteiger partial charge in [0.15, 0.2) is 5.76 Å². The molecule has 0 aliphatic rings. The lowest BCUT2D eigenvalue weighted by Crippen LogP contribution is -2.14. The molecule has 4 aromatic rings. The van der Waals surface area contributed by atoms with Gasteiger partial charge in [0.25, 0.3) is 5.91 Å². The Labute approximate surface area is 168 Å². The van der Waals surface area contributed by atoms with E-state index in [0.717, 1.165) is 16.8 Å². The van der Waals surface area contributed by atoms with Gasteiger partial charge in [0.05, 0.1) is 11.8 Å². The van der Waals surface area contributed by atoms with E-state index in [2.05, 4.69) is 10.3 Å². The van der Waals surface area contributed by atoms with Gasteiger partial charge in [0.2, 0.25) is 5.89 Å². The first-order valence-electron chi connectivity index (χ1n) is 9.21. The molecule has 0 aliphatic heterocycles.